The number of unbranched alkanes of at least 4 members (excludes halogenated alkanes) is 6. The third kappa shape index (κ3) is 7.94. The van der Waals surface area contributed by atoms with E-state index in [1.54, 1.807) is 0 Å². The molecule has 1 unspecified atom stereocenters. The Hall–Kier alpha value is -0.500. The highest BCUT2D eigenvalue weighted by molar-refractivity contribution is 5.05. The fourth-order valence-corrected chi connectivity index (χ4v) is 2.79. The van der Waals surface area contributed by atoms with Crippen LogP contribution in [0.3, 0.4) is 0 Å². The molecule has 2 heteroatoms. The minimum absolute atomic E-state index is 0.464. The molecule has 0 spiro atoms. The third-order valence-corrected chi connectivity index (χ3v) is 4.04. The minimum Gasteiger partial charge on any atom is -0.497 e. The summed E-state index contributed by atoms with van der Waals surface area (Å²) in [5.74, 6) is 1.22. The lowest BCUT2D eigenvalue weighted by molar-refractivity contribution is 0.164. The van der Waals surface area contributed by atoms with Gasteiger partial charge in [0.1, 0.15) is 5.76 Å². The van der Waals surface area contributed by atoms with E-state index in [1.807, 2.05) is 0 Å². The van der Waals surface area contributed by atoms with Gasteiger partial charge in [-0.05, 0) is 38.3 Å². The van der Waals surface area contributed by atoms with E-state index in [9.17, 15) is 0 Å². The SMILES string of the molecule is CCCCCCCCCC(NCCC)C1=CCCCO1. The first kappa shape index (κ1) is 17.6. The van der Waals surface area contributed by atoms with Crippen LogP contribution in [0.1, 0.15) is 84.5 Å². The van der Waals surface area contributed by atoms with E-state index in [0.717, 1.165) is 13.2 Å². The zero-order valence-corrected chi connectivity index (χ0v) is 13.8. The normalized spacial score (nSPS) is 16.6. The number of hydrogen-bond donors (Lipinski definition) is 1. The van der Waals surface area contributed by atoms with Gasteiger partial charge in [0.2, 0.25) is 0 Å². The molecule has 0 bridgehead atoms. The Morgan fingerprint density at radius 3 is 2.45 bits per heavy atom. The monoisotopic (exact) mass is 281 g/mol. The van der Waals surface area contributed by atoms with Gasteiger partial charge in [-0.3, -0.25) is 0 Å². The van der Waals surface area contributed by atoms with Crippen LogP contribution in [0.5, 0.6) is 0 Å². The van der Waals surface area contributed by atoms with Crippen LogP contribution in [0, 0.1) is 0 Å². The number of rotatable bonds is 12. The van der Waals surface area contributed by atoms with Crippen LogP contribution >= 0.6 is 0 Å². The molecule has 0 aromatic rings. The number of hydrogen-bond acceptors (Lipinski definition) is 2. The molecule has 0 aliphatic carbocycles. The van der Waals surface area contributed by atoms with Crippen molar-refractivity contribution < 1.29 is 4.74 Å². The molecule has 0 fully saturated rings. The first-order valence-corrected chi connectivity index (χ1v) is 8.94. The van der Waals surface area contributed by atoms with Gasteiger partial charge in [-0.15, -0.1) is 0 Å². The van der Waals surface area contributed by atoms with Gasteiger partial charge in [0.05, 0.1) is 12.6 Å². The lowest BCUT2D eigenvalue weighted by Gasteiger charge is -2.24. The Morgan fingerprint density at radius 2 is 1.80 bits per heavy atom. The maximum Gasteiger partial charge on any atom is 0.109 e. The second kappa shape index (κ2) is 12.3. The summed E-state index contributed by atoms with van der Waals surface area (Å²) in [7, 11) is 0. The highest BCUT2D eigenvalue weighted by Crippen LogP contribution is 2.19. The predicted molar refractivity (Wildman–Crippen MR) is 88.0 cm³/mol. The minimum atomic E-state index is 0.464. The summed E-state index contributed by atoms with van der Waals surface area (Å²) in [5, 5.41) is 3.66. The topological polar surface area (TPSA) is 21.3 Å². The molecular formula is C18H35NO. The van der Waals surface area contributed by atoms with Crippen molar-refractivity contribution in [1.82, 2.24) is 5.32 Å². The van der Waals surface area contributed by atoms with Crippen LogP contribution in [0.2, 0.25) is 0 Å². The summed E-state index contributed by atoms with van der Waals surface area (Å²) in [6, 6.07) is 0.464. The number of ether oxygens (including phenoxy) is 1. The van der Waals surface area contributed by atoms with Crippen LogP contribution < -0.4 is 5.32 Å². The van der Waals surface area contributed by atoms with Crippen LogP contribution in [-0.4, -0.2) is 19.2 Å². The van der Waals surface area contributed by atoms with Crippen LogP contribution in [0.25, 0.3) is 0 Å². The van der Waals surface area contributed by atoms with Crippen LogP contribution in [-0.2, 0) is 4.74 Å². The van der Waals surface area contributed by atoms with Gasteiger partial charge in [0.15, 0.2) is 0 Å². The highest BCUT2D eigenvalue weighted by Gasteiger charge is 2.16. The first-order chi connectivity index (χ1) is 9.88. The van der Waals surface area contributed by atoms with Crippen molar-refractivity contribution in [1.29, 1.82) is 0 Å². The largest absolute Gasteiger partial charge is 0.497 e. The van der Waals surface area contributed by atoms with Crippen LogP contribution in [0.4, 0.5) is 0 Å². The van der Waals surface area contributed by atoms with Crippen molar-refractivity contribution in [2.75, 3.05) is 13.2 Å². The van der Waals surface area contributed by atoms with Gasteiger partial charge in [-0.1, -0.05) is 58.8 Å². The first-order valence-electron chi connectivity index (χ1n) is 8.94. The predicted octanol–water partition coefficient (Wildman–Crippen LogP) is 5.19. The van der Waals surface area contributed by atoms with Crippen molar-refractivity contribution in [2.45, 2.75) is 90.5 Å². The second-order valence-electron chi connectivity index (χ2n) is 6.01. The molecule has 1 aliphatic rings. The third-order valence-electron chi connectivity index (χ3n) is 4.04. The van der Waals surface area contributed by atoms with Crippen molar-refractivity contribution in [3.63, 3.8) is 0 Å². The van der Waals surface area contributed by atoms with E-state index < -0.39 is 0 Å². The Labute approximate surface area is 126 Å². The van der Waals surface area contributed by atoms with Gasteiger partial charge in [-0.2, -0.15) is 0 Å². The molecule has 1 N–H and O–H groups in total. The van der Waals surface area contributed by atoms with Gasteiger partial charge in [0, 0.05) is 0 Å². The Kier molecular flexibility index (Phi) is 10.8. The summed E-state index contributed by atoms with van der Waals surface area (Å²) in [4.78, 5) is 0. The number of nitrogens with one attached hydrogen (secondary N) is 1. The molecule has 118 valence electrons. The smallest absolute Gasteiger partial charge is 0.109 e. The lowest BCUT2D eigenvalue weighted by atomic mass is 10.0. The fourth-order valence-electron chi connectivity index (χ4n) is 2.79. The molecular weight excluding hydrogens is 246 g/mol. The Bertz CT molecular complexity index is 250. The standard InChI is InChI=1S/C18H35NO/c1-3-5-6-7-8-9-10-13-17(19-15-4-2)18-14-11-12-16-20-18/h14,17,19H,3-13,15-16H2,1-2H3. The Morgan fingerprint density at radius 1 is 1.05 bits per heavy atom. The van der Waals surface area contributed by atoms with Gasteiger partial charge in [0.25, 0.3) is 0 Å². The maximum atomic E-state index is 5.85. The lowest BCUT2D eigenvalue weighted by Crippen LogP contribution is -2.33. The molecule has 1 atom stereocenters. The van der Waals surface area contributed by atoms with E-state index >= 15 is 0 Å². The highest BCUT2D eigenvalue weighted by atomic mass is 16.5. The van der Waals surface area contributed by atoms with E-state index in [1.165, 1.54) is 76.4 Å². The van der Waals surface area contributed by atoms with Crippen molar-refractivity contribution >= 4 is 0 Å². The zero-order valence-electron chi connectivity index (χ0n) is 13.8. The fraction of sp³-hybridized carbons (Fsp3) is 0.889. The van der Waals surface area contributed by atoms with E-state index in [4.69, 9.17) is 4.74 Å². The van der Waals surface area contributed by atoms with Gasteiger partial charge in [-0.25, -0.2) is 0 Å². The summed E-state index contributed by atoms with van der Waals surface area (Å²) in [5.41, 5.74) is 0. The van der Waals surface area contributed by atoms with Crippen molar-refractivity contribution in [3.05, 3.63) is 11.8 Å². The molecule has 2 nitrogen and oxygen atoms in total. The van der Waals surface area contributed by atoms with Gasteiger partial charge < -0.3 is 10.1 Å². The molecule has 1 aliphatic heterocycles. The second-order valence-corrected chi connectivity index (χ2v) is 6.01. The molecule has 1 rings (SSSR count). The van der Waals surface area contributed by atoms with Crippen molar-refractivity contribution in [3.8, 4) is 0 Å². The van der Waals surface area contributed by atoms with E-state index in [2.05, 4.69) is 25.2 Å². The molecule has 0 aromatic heterocycles. The number of allylic oxidation sites excluding steroid dienone is 1. The average molecular weight is 281 g/mol. The maximum absolute atomic E-state index is 5.85. The summed E-state index contributed by atoms with van der Waals surface area (Å²) in [6.07, 6.45) is 16.8. The molecule has 0 amide bonds. The van der Waals surface area contributed by atoms with E-state index in [-0.39, 0.29) is 0 Å². The zero-order chi connectivity index (χ0) is 14.5. The average Bonchev–Trinajstić information content (AvgIpc) is 2.50. The molecule has 0 radical (unpaired) electrons. The molecule has 20 heavy (non-hydrogen) atoms. The summed E-state index contributed by atoms with van der Waals surface area (Å²) in [6.45, 7) is 6.52. The van der Waals surface area contributed by atoms with E-state index in [0.29, 0.717) is 6.04 Å². The molecule has 0 saturated heterocycles. The van der Waals surface area contributed by atoms with Crippen molar-refractivity contribution in [2.24, 2.45) is 0 Å². The summed E-state index contributed by atoms with van der Waals surface area (Å²) >= 11 is 0. The van der Waals surface area contributed by atoms with Gasteiger partial charge >= 0.3 is 0 Å². The molecule has 0 aromatic carbocycles. The Balaban J connectivity index is 2.17. The summed E-state index contributed by atoms with van der Waals surface area (Å²) < 4.78 is 5.85. The van der Waals surface area contributed by atoms with Crippen LogP contribution in [0.15, 0.2) is 11.8 Å². The molecule has 0 saturated carbocycles. The quantitative estimate of drug-likeness (QED) is 0.497. The molecule has 1 heterocycles.